The zero-order valence-corrected chi connectivity index (χ0v) is 14.0. The van der Waals surface area contributed by atoms with Crippen LogP contribution in [-0.4, -0.2) is 31.1 Å². The highest BCUT2D eigenvalue weighted by molar-refractivity contribution is 6.35. The first-order chi connectivity index (χ1) is 9.67. The Morgan fingerprint density at radius 1 is 1.00 bits per heavy atom. The summed E-state index contributed by atoms with van der Waals surface area (Å²) in [5, 5.41) is 1.22. The van der Waals surface area contributed by atoms with E-state index in [4.69, 9.17) is 27.9 Å². The molecule has 0 atom stereocenters. The molecule has 0 radical (unpaired) electrons. The van der Waals surface area contributed by atoms with Gasteiger partial charge in [0, 0.05) is 5.02 Å². The van der Waals surface area contributed by atoms with Gasteiger partial charge in [0.05, 0.1) is 11.6 Å². The van der Waals surface area contributed by atoms with E-state index < -0.39 is 0 Å². The first-order valence-corrected chi connectivity index (χ1v) is 8.23. The highest BCUT2D eigenvalue weighted by Gasteiger charge is 2.02. The van der Waals surface area contributed by atoms with Crippen LogP contribution >= 0.6 is 23.2 Å². The first-order valence-electron chi connectivity index (χ1n) is 7.47. The summed E-state index contributed by atoms with van der Waals surface area (Å²) in [5.74, 6) is 0.721. The van der Waals surface area contributed by atoms with E-state index in [2.05, 4.69) is 18.7 Å². The molecular formula is C16H25Cl2NO. The molecule has 1 aromatic carbocycles. The number of ether oxygens (including phenoxy) is 1. The van der Waals surface area contributed by atoms with Crippen molar-refractivity contribution in [1.29, 1.82) is 0 Å². The molecule has 114 valence electrons. The number of halogens is 2. The van der Waals surface area contributed by atoms with Crippen LogP contribution < -0.4 is 4.74 Å². The van der Waals surface area contributed by atoms with Crippen molar-refractivity contribution in [2.45, 2.75) is 39.5 Å². The molecule has 0 aliphatic carbocycles. The number of nitrogens with zero attached hydrogens (tertiary/aromatic N) is 1. The van der Waals surface area contributed by atoms with Crippen LogP contribution in [0.1, 0.15) is 39.5 Å². The van der Waals surface area contributed by atoms with E-state index in [1.54, 1.807) is 12.1 Å². The van der Waals surface area contributed by atoms with Gasteiger partial charge in [-0.25, -0.2) is 0 Å². The number of rotatable bonds is 10. The average Bonchev–Trinajstić information content (AvgIpc) is 2.44. The fraction of sp³-hybridized carbons (Fsp3) is 0.625. The van der Waals surface area contributed by atoms with Gasteiger partial charge in [-0.05, 0) is 50.7 Å². The van der Waals surface area contributed by atoms with E-state index in [0.717, 1.165) is 25.3 Å². The van der Waals surface area contributed by atoms with E-state index in [9.17, 15) is 0 Å². The molecule has 0 heterocycles. The molecule has 1 rings (SSSR count). The number of unbranched alkanes of at least 4 members (excludes halogenated alkanes) is 3. The van der Waals surface area contributed by atoms with Crippen LogP contribution in [0, 0.1) is 0 Å². The number of hydrogen-bond donors (Lipinski definition) is 0. The minimum Gasteiger partial charge on any atom is -0.492 e. The highest BCUT2D eigenvalue weighted by Crippen LogP contribution is 2.27. The smallest absolute Gasteiger partial charge is 0.137 e. The molecule has 0 unspecified atom stereocenters. The van der Waals surface area contributed by atoms with E-state index in [-0.39, 0.29) is 0 Å². The summed E-state index contributed by atoms with van der Waals surface area (Å²) in [5.41, 5.74) is 0. The van der Waals surface area contributed by atoms with Gasteiger partial charge in [0.2, 0.25) is 0 Å². The maximum Gasteiger partial charge on any atom is 0.137 e. The molecule has 0 aliphatic heterocycles. The lowest BCUT2D eigenvalue weighted by atomic mass is 10.2. The Labute approximate surface area is 133 Å². The minimum atomic E-state index is 0.582. The maximum atomic E-state index is 6.04. The molecule has 4 heteroatoms. The largest absolute Gasteiger partial charge is 0.492 e. The van der Waals surface area contributed by atoms with Crippen LogP contribution in [-0.2, 0) is 0 Å². The highest BCUT2D eigenvalue weighted by atomic mass is 35.5. The van der Waals surface area contributed by atoms with Crippen molar-refractivity contribution in [3.8, 4) is 5.75 Å². The van der Waals surface area contributed by atoms with Crippen molar-refractivity contribution in [2.75, 3.05) is 26.2 Å². The summed E-state index contributed by atoms with van der Waals surface area (Å²) in [7, 11) is 0. The fourth-order valence-electron chi connectivity index (χ4n) is 2.11. The normalized spacial score (nSPS) is 11.1. The third kappa shape index (κ3) is 6.83. The van der Waals surface area contributed by atoms with Gasteiger partial charge < -0.3 is 9.64 Å². The van der Waals surface area contributed by atoms with Gasteiger partial charge in [-0.2, -0.15) is 0 Å². The van der Waals surface area contributed by atoms with E-state index in [0.29, 0.717) is 16.7 Å². The van der Waals surface area contributed by atoms with E-state index >= 15 is 0 Å². The fourth-order valence-corrected chi connectivity index (χ4v) is 2.57. The number of hydrogen-bond acceptors (Lipinski definition) is 2. The van der Waals surface area contributed by atoms with Gasteiger partial charge in [-0.15, -0.1) is 0 Å². The second-order valence-electron chi connectivity index (χ2n) is 4.86. The lowest BCUT2D eigenvalue weighted by molar-refractivity contribution is 0.284. The zero-order chi connectivity index (χ0) is 14.8. The Kier molecular flexibility index (Phi) is 9.08. The van der Waals surface area contributed by atoms with Gasteiger partial charge >= 0.3 is 0 Å². The second kappa shape index (κ2) is 10.3. The molecule has 0 bridgehead atoms. The van der Waals surface area contributed by atoms with Gasteiger partial charge in [0.1, 0.15) is 5.75 Å². The molecule has 0 saturated heterocycles. The SMILES string of the molecule is CCN(CC)CCCCCCOc1ccc(Cl)cc1Cl. The summed E-state index contributed by atoms with van der Waals surface area (Å²) in [6, 6.07) is 5.33. The molecule has 2 nitrogen and oxygen atoms in total. The summed E-state index contributed by atoms with van der Waals surface area (Å²) >= 11 is 11.9. The maximum absolute atomic E-state index is 6.04. The Hall–Kier alpha value is -0.440. The molecule has 0 spiro atoms. The Balaban J connectivity index is 2.07. The van der Waals surface area contributed by atoms with Crippen LogP contribution in [0.25, 0.3) is 0 Å². The van der Waals surface area contributed by atoms with E-state index in [1.807, 2.05) is 6.07 Å². The molecule has 0 amide bonds. The summed E-state index contributed by atoms with van der Waals surface area (Å²) in [4.78, 5) is 2.46. The topological polar surface area (TPSA) is 12.5 Å². The van der Waals surface area contributed by atoms with Crippen molar-refractivity contribution < 1.29 is 4.74 Å². The monoisotopic (exact) mass is 317 g/mol. The van der Waals surface area contributed by atoms with Crippen molar-refractivity contribution in [1.82, 2.24) is 4.90 Å². The number of benzene rings is 1. The molecule has 0 N–H and O–H groups in total. The van der Waals surface area contributed by atoms with Gasteiger partial charge in [0.15, 0.2) is 0 Å². The standard InChI is InChI=1S/C16H25Cl2NO/c1-3-19(4-2)11-7-5-6-8-12-20-16-10-9-14(17)13-15(16)18/h9-10,13H,3-8,11-12H2,1-2H3. The van der Waals surface area contributed by atoms with Crippen LogP contribution in [0.2, 0.25) is 10.0 Å². The molecule has 1 aromatic rings. The Morgan fingerprint density at radius 2 is 1.70 bits per heavy atom. The van der Waals surface area contributed by atoms with Crippen LogP contribution in [0.4, 0.5) is 0 Å². The van der Waals surface area contributed by atoms with Crippen molar-refractivity contribution in [2.24, 2.45) is 0 Å². The van der Waals surface area contributed by atoms with E-state index in [1.165, 1.54) is 25.8 Å². The predicted molar refractivity (Wildman–Crippen MR) is 88.2 cm³/mol. The molecular weight excluding hydrogens is 293 g/mol. The van der Waals surface area contributed by atoms with Crippen LogP contribution in [0.5, 0.6) is 5.75 Å². The molecule has 0 aliphatic rings. The molecule has 20 heavy (non-hydrogen) atoms. The lowest BCUT2D eigenvalue weighted by Crippen LogP contribution is -2.23. The zero-order valence-electron chi connectivity index (χ0n) is 12.5. The second-order valence-corrected chi connectivity index (χ2v) is 5.71. The Morgan fingerprint density at radius 3 is 2.35 bits per heavy atom. The summed E-state index contributed by atoms with van der Waals surface area (Å²) < 4.78 is 5.66. The Bertz CT molecular complexity index is 381. The van der Waals surface area contributed by atoms with Crippen molar-refractivity contribution in [3.05, 3.63) is 28.2 Å². The lowest BCUT2D eigenvalue weighted by Gasteiger charge is -2.17. The quantitative estimate of drug-likeness (QED) is 0.545. The van der Waals surface area contributed by atoms with Crippen LogP contribution in [0.3, 0.4) is 0 Å². The third-order valence-electron chi connectivity index (χ3n) is 3.41. The molecule has 0 fully saturated rings. The van der Waals surface area contributed by atoms with Gasteiger partial charge in [-0.3, -0.25) is 0 Å². The van der Waals surface area contributed by atoms with Crippen molar-refractivity contribution in [3.63, 3.8) is 0 Å². The first kappa shape index (κ1) is 17.6. The third-order valence-corrected chi connectivity index (χ3v) is 3.95. The minimum absolute atomic E-state index is 0.582. The molecule has 0 saturated carbocycles. The van der Waals surface area contributed by atoms with Crippen LogP contribution in [0.15, 0.2) is 18.2 Å². The van der Waals surface area contributed by atoms with Crippen molar-refractivity contribution >= 4 is 23.2 Å². The predicted octanol–water partition coefficient (Wildman–Crippen LogP) is 5.27. The van der Waals surface area contributed by atoms with Gasteiger partial charge in [-0.1, -0.05) is 49.9 Å². The summed E-state index contributed by atoms with van der Waals surface area (Å²) in [6.07, 6.45) is 4.79. The van der Waals surface area contributed by atoms with Gasteiger partial charge in [0.25, 0.3) is 0 Å². The summed E-state index contributed by atoms with van der Waals surface area (Å²) in [6.45, 7) is 8.65. The molecule has 0 aromatic heterocycles. The average molecular weight is 318 g/mol.